The van der Waals surface area contributed by atoms with Crippen LogP contribution < -0.4 is 0 Å². The standard InChI is InChI=1S/C19H28O/c1-4-9-18-12-8-13-19(15-18)11-7-6-10-17(5-2)14-16(3)20/h6,8,10,12-13,15,17H,4-5,7,9,11,14H2,1-3H3/b10-6+. The van der Waals surface area contributed by atoms with Gasteiger partial charge in [0.05, 0.1) is 0 Å². The van der Waals surface area contributed by atoms with Crippen LogP contribution in [0.4, 0.5) is 0 Å². The Morgan fingerprint density at radius 3 is 2.50 bits per heavy atom. The van der Waals surface area contributed by atoms with Crippen LogP contribution >= 0.6 is 0 Å². The molecule has 0 radical (unpaired) electrons. The van der Waals surface area contributed by atoms with Crippen LogP contribution in [-0.4, -0.2) is 5.78 Å². The highest BCUT2D eigenvalue weighted by Crippen LogP contribution is 2.13. The minimum Gasteiger partial charge on any atom is -0.300 e. The summed E-state index contributed by atoms with van der Waals surface area (Å²) in [6.45, 7) is 6.04. The van der Waals surface area contributed by atoms with E-state index in [2.05, 4.69) is 50.3 Å². The zero-order chi connectivity index (χ0) is 14.8. The van der Waals surface area contributed by atoms with Crippen molar-refractivity contribution in [3.63, 3.8) is 0 Å². The lowest BCUT2D eigenvalue weighted by molar-refractivity contribution is -0.117. The Balaban J connectivity index is 2.42. The van der Waals surface area contributed by atoms with Crippen molar-refractivity contribution in [2.24, 2.45) is 5.92 Å². The third-order valence-electron chi connectivity index (χ3n) is 3.61. The molecule has 1 heteroatoms. The summed E-state index contributed by atoms with van der Waals surface area (Å²) in [4.78, 5) is 11.1. The summed E-state index contributed by atoms with van der Waals surface area (Å²) in [5.74, 6) is 0.702. The first-order valence-electron chi connectivity index (χ1n) is 7.89. The largest absolute Gasteiger partial charge is 0.300 e. The maximum absolute atomic E-state index is 11.1. The molecule has 1 unspecified atom stereocenters. The Bertz CT molecular complexity index is 431. The molecular weight excluding hydrogens is 244 g/mol. The zero-order valence-corrected chi connectivity index (χ0v) is 13.2. The molecule has 20 heavy (non-hydrogen) atoms. The summed E-state index contributed by atoms with van der Waals surface area (Å²) in [5, 5.41) is 0. The molecule has 1 nitrogen and oxygen atoms in total. The van der Waals surface area contributed by atoms with Gasteiger partial charge in [0.1, 0.15) is 5.78 Å². The lowest BCUT2D eigenvalue weighted by atomic mass is 9.98. The minimum atomic E-state index is 0.286. The predicted molar refractivity (Wildman–Crippen MR) is 87.0 cm³/mol. The quantitative estimate of drug-likeness (QED) is 0.569. The first kappa shape index (κ1) is 16.7. The van der Waals surface area contributed by atoms with E-state index in [0.29, 0.717) is 12.3 Å². The fourth-order valence-electron chi connectivity index (χ4n) is 2.49. The number of hydrogen-bond donors (Lipinski definition) is 0. The van der Waals surface area contributed by atoms with Crippen molar-refractivity contribution < 1.29 is 4.79 Å². The summed E-state index contributed by atoms with van der Waals surface area (Å²) in [6, 6.07) is 8.90. The van der Waals surface area contributed by atoms with E-state index in [9.17, 15) is 4.79 Å². The SMILES string of the molecule is CCCc1cccc(CC/C=C/C(CC)CC(C)=O)c1. The van der Waals surface area contributed by atoms with E-state index in [1.807, 2.05) is 0 Å². The molecule has 0 aliphatic heterocycles. The summed E-state index contributed by atoms with van der Waals surface area (Å²) < 4.78 is 0. The highest BCUT2D eigenvalue weighted by molar-refractivity contribution is 5.75. The average Bonchev–Trinajstić information content (AvgIpc) is 2.42. The molecule has 0 bridgehead atoms. The molecule has 1 atom stereocenters. The van der Waals surface area contributed by atoms with Gasteiger partial charge >= 0.3 is 0 Å². The molecule has 0 amide bonds. The number of ketones is 1. The van der Waals surface area contributed by atoms with Gasteiger partial charge in [0, 0.05) is 6.42 Å². The topological polar surface area (TPSA) is 17.1 Å². The average molecular weight is 272 g/mol. The maximum atomic E-state index is 11.1. The number of hydrogen-bond acceptors (Lipinski definition) is 1. The second-order valence-corrected chi connectivity index (χ2v) is 5.61. The number of carbonyl (C=O) groups excluding carboxylic acids is 1. The van der Waals surface area contributed by atoms with Gasteiger partial charge in [-0.3, -0.25) is 0 Å². The van der Waals surface area contributed by atoms with Crippen LogP contribution in [0.2, 0.25) is 0 Å². The number of Topliss-reactive ketones (excluding diaryl/α,β-unsaturated/α-hetero) is 1. The molecule has 0 aliphatic rings. The zero-order valence-electron chi connectivity index (χ0n) is 13.2. The number of benzene rings is 1. The lowest BCUT2D eigenvalue weighted by Gasteiger charge is -2.07. The van der Waals surface area contributed by atoms with Crippen LogP contribution in [0.5, 0.6) is 0 Å². The Hall–Kier alpha value is -1.37. The Morgan fingerprint density at radius 2 is 1.90 bits per heavy atom. The molecule has 1 rings (SSSR count). The van der Waals surface area contributed by atoms with E-state index >= 15 is 0 Å². The molecule has 0 N–H and O–H groups in total. The van der Waals surface area contributed by atoms with Crippen LogP contribution in [0.1, 0.15) is 57.6 Å². The molecule has 0 aliphatic carbocycles. The highest BCUT2D eigenvalue weighted by atomic mass is 16.1. The number of carbonyl (C=O) groups is 1. The first-order chi connectivity index (χ1) is 9.65. The summed E-state index contributed by atoms with van der Waals surface area (Å²) in [7, 11) is 0. The van der Waals surface area contributed by atoms with Crippen LogP contribution in [0.15, 0.2) is 36.4 Å². The molecule has 0 aromatic heterocycles. The highest BCUT2D eigenvalue weighted by Gasteiger charge is 2.04. The van der Waals surface area contributed by atoms with Crippen molar-refractivity contribution in [2.45, 2.75) is 59.3 Å². The Morgan fingerprint density at radius 1 is 1.20 bits per heavy atom. The van der Waals surface area contributed by atoms with E-state index in [-0.39, 0.29) is 5.78 Å². The molecule has 0 saturated carbocycles. The van der Waals surface area contributed by atoms with Crippen LogP contribution in [0.25, 0.3) is 0 Å². The summed E-state index contributed by atoms with van der Waals surface area (Å²) in [6.07, 6.45) is 10.7. The lowest BCUT2D eigenvalue weighted by Crippen LogP contribution is -2.01. The first-order valence-corrected chi connectivity index (χ1v) is 7.89. The third kappa shape index (κ3) is 6.70. The molecule has 0 spiro atoms. The summed E-state index contributed by atoms with van der Waals surface area (Å²) in [5.41, 5.74) is 2.86. The van der Waals surface area contributed by atoms with Crippen LogP contribution in [0.3, 0.4) is 0 Å². The van der Waals surface area contributed by atoms with Gasteiger partial charge in [-0.05, 0) is 49.7 Å². The number of allylic oxidation sites excluding steroid dienone is 2. The van der Waals surface area contributed by atoms with Crippen molar-refractivity contribution in [2.75, 3.05) is 0 Å². The van der Waals surface area contributed by atoms with Gasteiger partial charge in [0.15, 0.2) is 0 Å². The minimum absolute atomic E-state index is 0.286. The molecule has 1 aromatic carbocycles. The Kier molecular flexibility index (Phi) is 7.94. The van der Waals surface area contributed by atoms with E-state index in [1.165, 1.54) is 24.0 Å². The fraction of sp³-hybridized carbons (Fsp3) is 0.526. The van der Waals surface area contributed by atoms with Crippen molar-refractivity contribution >= 4 is 5.78 Å². The summed E-state index contributed by atoms with van der Waals surface area (Å²) >= 11 is 0. The van der Waals surface area contributed by atoms with Gasteiger partial charge in [0.2, 0.25) is 0 Å². The van der Waals surface area contributed by atoms with Gasteiger partial charge in [0.25, 0.3) is 0 Å². The van der Waals surface area contributed by atoms with E-state index in [0.717, 1.165) is 19.3 Å². The maximum Gasteiger partial charge on any atom is 0.130 e. The van der Waals surface area contributed by atoms with E-state index < -0.39 is 0 Å². The second kappa shape index (κ2) is 9.52. The van der Waals surface area contributed by atoms with Gasteiger partial charge in [-0.1, -0.05) is 56.7 Å². The van der Waals surface area contributed by atoms with E-state index in [1.54, 1.807) is 6.92 Å². The molecule has 0 saturated heterocycles. The predicted octanol–water partition coefficient (Wildman–Crippen LogP) is 5.13. The molecular formula is C19H28O. The van der Waals surface area contributed by atoms with Gasteiger partial charge in [-0.15, -0.1) is 0 Å². The van der Waals surface area contributed by atoms with E-state index in [4.69, 9.17) is 0 Å². The normalized spacial score (nSPS) is 12.8. The van der Waals surface area contributed by atoms with Crippen molar-refractivity contribution in [3.8, 4) is 0 Å². The van der Waals surface area contributed by atoms with Crippen molar-refractivity contribution in [1.82, 2.24) is 0 Å². The fourth-order valence-corrected chi connectivity index (χ4v) is 2.49. The molecule has 0 fully saturated rings. The molecule has 1 aromatic rings. The smallest absolute Gasteiger partial charge is 0.130 e. The Labute approximate surface area is 124 Å². The van der Waals surface area contributed by atoms with Crippen molar-refractivity contribution in [3.05, 3.63) is 47.5 Å². The van der Waals surface area contributed by atoms with Crippen LogP contribution in [-0.2, 0) is 17.6 Å². The van der Waals surface area contributed by atoms with Crippen LogP contribution in [0, 0.1) is 5.92 Å². The monoisotopic (exact) mass is 272 g/mol. The number of rotatable bonds is 9. The van der Waals surface area contributed by atoms with Crippen molar-refractivity contribution in [1.29, 1.82) is 0 Å². The second-order valence-electron chi connectivity index (χ2n) is 5.61. The molecule has 0 heterocycles. The third-order valence-corrected chi connectivity index (χ3v) is 3.61. The van der Waals surface area contributed by atoms with Gasteiger partial charge < -0.3 is 4.79 Å². The number of aryl methyl sites for hydroxylation is 2. The van der Waals surface area contributed by atoms with Gasteiger partial charge in [-0.25, -0.2) is 0 Å². The molecule has 110 valence electrons. The van der Waals surface area contributed by atoms with Gasteiger partial charge in [-0.2, -0.15) is 0 Å².